The summed E-state index contributed by atoms with van der Waals surface area (Å²) in [4.78, 5) is 12.8. The number of aliphatic hydroxyl groups excluding tert-OH is 1. The number of benzene rings is 2. The van der Waals surface area contributed by atoms with Gasteiger partial charge in [0.15, 0.2) is 0 Å². The molecule has 0 unspecified atom stereocenters. The fraction of sp³-hybridized carbons (Fsp3) is 0.333. The molecule has 0 radical (unpaired) electrons. The standard InChI is InChI=1S/C24H27N3O4/c1-2-17-14-23(29)20(24(30)26-21-15-31-11-8-22(21)28)13-18(17)12-16-4-6-19(7-5-16)27-10-3-9-25-27/h3-7,9-10,13-14,21-22,28-29H,2,8,11-12,15H2,1H3,(H,26,30)/t21-,22-/m0/s1. The largest absolute Gasteiger partial charge is 0.507 e. The van der Waals surface area contributed by atoms with Crippen LogP contribution in [0.15, 0.2) is 54.9 Å². The highest BCUT2D eigenvalue weighted by molar-refractivity contribution is 5.97. The molecule has 7 nitrogen and oxygen atoms in total. The van der Waals surface area contributed by atoms with Crippen molar-refractivity contribution in [1.82, 2.24) is 15.1 Å². The first-order chi connectivity index (χ1) is 15.0. The number of aliphatic hydroxyl groups is 1. The monoisotopic (exact) mass is 421 g/mol. The van der Waals surface area contributed by atoms with E-state index in [-0.39, 0.29) is 17.9 Å². The summed E-state index contributed by atoms with van der Waals surface area (Å²) in [6.45, 7) is 2.76. The highest BCUT2D eigenvalue weighted by Gasteiger charge is 2.26. The van der Waals surface area contributed by atoms with E-state index in [1.807, 2.05) is 43.5 Å². The fourth-order valence-corrected chi connectivity index (χ4v) is 3.87. The van der Waals surface area contributed by atoms with Crippen molar-refractivity contribution in [2.45, 2.75) is 38.3 Å². The van der Waals surface area contributed by atoms with Gasteiger partial charge < -0.3 is 20.3 Å². The van der Waals surface area contributed by atoms with Gasteiger partial charge in [0, 0.05) is 19.0 Å². The fourth-order valence-electron chi connectivity index (χ4n) is 3.87. The van der Waals surface area contributed by atoms with E-state index in [1.165, 1.54) is 0 Å². The molecule has 1 saturated heterocycles. The summed E-state index contributed by atoms with van der Waals surface area (Å²) >= 11 is 0. The first-order valence-electron chi connectivity index (χ1n) is 10.6. The molecule has 2 aromatic carbocycles. The molecule has 1 fully saturated rings. The van der Waals surface area contributed by atoms with Gasteiger partial charge in [-0.2, -0.15) is 5.10 Å². The number of hydrogen-bond acceptors (Lipinski definition) is 5. The van der Waals surface area contributed by atoms with Gasteiger partial charge >= 0.3 is 0 Å². The Bertz CT molecular complexity index is 1030. The van der Waals surface area contributed by atoms with Gasteiger partial charge in [0.1, 0.15) is 5.75 Å². The molecule has 3 N–H and O–H groups in total. The molecule has 162 valence electrons. The number of nitrogens with zero attached hydrogens (tertiary/aromatic N) is 2. The molecule has 0 spiro atoms. The number of ether oxygens (including phenoxy) is 1. The Morgan fingerprint density at radius 3 is 2.74 bits per heavy atom. The van der Waals surface area contributed by atoms with Crippen molar-refractivity contribution >= 4 is 5.91 Å². The van der Waals surface area contributed by atoms with Gasteiger partial charge in [0.2, 0.25) is 0 Å². The molecule has 0 saturated carbocycles. The zero-order valence-corrected chi connectivity index (χ0v) is 17.5. The maximum absolute atomic E-state index is 12.8. The molecular weight excluding hydrogens is 394 g/mol. The lowest BCUT2D eigenvalue weighted by Gasteiger charge is -2.28. The van der Waals surface area contributed by atoms with E-state index in [4.69, 9.17) is 4.74 Å². The van der Waals surface area contributed by atoms with Crippen molar-refractivity contribution in [3.8, 4) is 11.4 Å². The number of rotatable bonds is 6. The van der Waals surface area contributed by atoms with E-state index in [0.29, 0.717) is 19.4 Å². The van der Waals surface area contributed by atoms with Gasteiger partial charge in [-0.05, 0) is 66.3 Å². The topological polar surface area (TPSA) is 96.6 Å². The maximum atomic E-state index is 12.8. The number of hydrogen-bond donors (Lipinski definition) is 3. The van der Waals surface area contributed by atoms with Crippen LogP contribution in [0.3, 0.4) is 0 Å². The van der Waals surface area contributed by atoms with E-state index in [9.17, 15) is 15.0 Å². The summed E-state index contributed by atoms with van der Waals surface area (Å²) in [6, 6.07) is 12.9. The third-order valence-electron chi connectivity index (χ3n) is 5.68. The van der Waals surface area contributed by atoms with E-state index in [1.54, 1.807) is 23.0 Å². The highest BCUT2D eigenvalue weighted by atomic mass is 16.5. The molecule has 1 aromatic heterocycles. The minimum Gasteiger partial charge on any atom is -0.507 e. The van der Waals surface area contributed by atoms with Crippen LogP contribution < -0.4 is 5.32 Å². The van der Waals surface area contributed by atoms with Crippen LogP contribution in [0.2, 0.25) is 0 Å². The zero-order valence-electron chi connectivity index (χ0n) is 17.5. The van der Waals surface area contributed by atoms with Crippen molar-refractivity contribution in [3.05, 3.63) is 77.1 Å². The Hall–Kier alpha value is -3.16. The Labute approximate surface area is 181 Å². The lowest BCUT2D eigenvalue weighted by molar-refractivity contribution is -0.0140. The summed E-state index contributed by atoms with van der Waals surface area (Å²) in [6.07, 6.45) is 4.84. The number of aromatic hydroxyl groups is 1. The van der Waals surface area contributed by atoms with Gasteiger partial charge in [-0.15, -0.1) is 0 Å². The molecule has 3 aromatic rings. The smallest absolute Gasteiger partial charge is 0.255 e. The molecular formula is C24H27N3O4. The van der Waals surface area contributed by atoms with Crippen molar-refractivity contribution in [3.63, 3.8) is 0 Å². The van der Waals surface area contributed by atoms with Crippen molar-refractivity contribution in [2.24, 2.45) is 0 Å². The van der Waals surface area contributed by atoms with Gasteiger partial charge in [0.25, 0.3) is 5.91 Å². The van der Waals surface area contributed by atoms with Crippen LogP contribution in [-0.4, -0.2) is 51.3 Å². The first-order valence-corrected chi connectivity index (χ1v) is 10.6. The number of aromatic nitrogens is 2. The van der Waals surface area contributed by atoms with E-state index in [2.05, 4.69) is 10.4 Å². The van der Waals surface area contributed by atoms with Crippen molar-refractivity contribution < 1.29 is 19.7 Å². The Morgan fingerprint density at radius 2 is 2.06 bits per heavy atom. The zero-order chi connectivity index (χ0) is 21.8. The van der Waals surface area contributed by atoms with Gasteiger partial charge in [-0.3, -0.25) is 4.79 Å². The van der Waals surface area contributed by atoms with Crippen molar-refractivity contribution in [2.75, 3.05) is 13.2 Å². The molecule has 2 atom stereocenters. The second-order valence-corrected chi connectivity index (χ2v) is 7.80. The molecule has 2 heterocycles. The van der Waals surface area contributed by atoms with Crippen molar-refractivity contribution in [1.29, 1.82) is 0 Å². The maximum Gasteiger partial charge on any atom is 0.255 e. The van der Waals surface area contributed by atoms with Gasteiger partial charge in [-0.25, -0.2) is 4.68 Å². The van der Waals surface area contributed by atoms with Crippen LogP contribution in [0.4, 0.5) is 0 Å². The number of aryl methyl sites for hydroxylation is 1. The minimum atomic E-state index is -0.650. The second-order valence-electron chi connectivity index (χ2n) is 7.80. The van der Waals surface area contributed by atoms with Crippen LogP contribution in [-0.2, 0) is 17.6 Å². The average molecular weight is 421 g/mol. The van der Waals surface area contributed by atoms with Crippen LogP contribution >= 0.6 is 0 Å². The molecule has 0 aliphatic carbocycles. The van der Waals surface area contributed by atoms with Crippen LogP contribution in [0.5, 0.6) is 5.75 Å². The predicted octanol–water partition coefficient (Wildman–Crippen LogP) is 2.61. The molecule has 1 amide bonds. The minimum absolute atomic E-state index is 0.0571. The van der Waals surface area contributed by atoms with Crippen LogP contribution in [0.1, 0.15) is 40.4 Å². The number of amides is 1. The third kappa shape index (κ3) is 4.78. The number of carbonyl (C=O) groups is 1. The summed E-state index contributed by atoms with van der Waals surface area (Å²) in [5.74, 6) is -0.469. The summed E-state index contributed by atoms with van der Waals surface area (Å²) < 4.78 is 7.15. The normalized spacial score (nSPS) is 18.6. The summed E-state index contributed by atoms with van der Waals surface area (Å²) in [5.41, 5.74) is 4.25. The van der Waals surface area contributed by atoms with Gasteiger partial charge in [-0.1, -0.05) is 19.1 Å². The first kappa shape index (κ1) is 21.1. The van der Waals surface area contributed by atoms with E-state index >= 15 is 0 Å². The molecule has 31 heavy (non-hydrogen) atoms. The van der Waals surface area contributed by atoms with Crippen LogP contribution in [0, 0.1) is 0 Å². The number of phenols is 1. The summed E-state index contributed by atoms with van der Waals surface area (Å²) in [5, 5.41) is 27.6. The molecule has 4 rings (SSSR count). The molecule has 1 aliphatic heterocycles. The van der Waals surface area contributed by atoms with Crippen LogP contribution in [0.25, 0.3) is 5.69 Å². The average Bonchev–Trinajstić information content (AvgIpc) is 3.31. The molecule has 7 heteroatoms. The van der Waals surface area contributed by atoms with E-state index in [0.717, 1.165) is 28.8 Å². The Kier molecular flexibility index (Phi) is 6.34. The lowest BCUT2D eigenvalue weighted by atomic mass is 9.94. The quantitative estimate of drug-likeness (QED) is 0.569. The lowest BCUT2D eigenvalue weighted by Crippen LogP contribution is -2.49. The second kappa shape index (κ2) is 9.32. The molecule has 1 aliphatic rings. The Balaban J connectivity index is 1.55. The highest BCUT2D eigenvalue weighted by Crippen LogP contribution is 2.26. The molecule has 0 bridgehead atoms. The van der Waals surface area contributed by atoms with Gasteiger partial charge in [0.05, 0.1) is 30.0 Å². The Morgan fingerprint density at radius 1 is 1.26 bits per heavy atom. The summed E-state index contributed by atoms with van der Waals surface area (Å²) in [7, 11) is 0. The number of nitrogens with one attached hydrogen (secondary N) is 1. The third-order valence-corrected chi connectivity index (χ3v) is 5.68. The number of phenolic OH excluding ortho intramolecular Hbond substituents is 1. The SMILES string of the molecule is CCc1cc(O)c(C(=O)N[C@H]2COCC[C@@H]2O)cc1Cc1ccc(-n2cccn2)cc1. The predicted molar refractivity (Wildman–Crippen MR) is 117 cm³/mol. The number of carbonyl (C=O) groups excluding carboxylic acids is 1. The van der Waals surface area contributed by atoms with E-state index < -0.39 is 18.1 Å².